The third-order valence-corrected chi connectivity index (χ3v) is 4.89. The van der Waals surface area contributed by atoms with Gasteiger partial charge in [-0.1, -0.05) is 109 Å². The van der Waals surface area contributed by atoms with E-state index in [1.54, 1.807) is 11.1 Å². The average molecular weight is 309 g/mol. The van der Waals surface area contributed by atoms with Crippen molar-refractivity contribution in [3.05, 3.63) is 11.1 Å². The second kappa shape index (κ2) is 15.6. The van der Waals surface area contributed by atoms with E-state index in [-0.39, 0.29) is 0 Å². The van der Waals surface area contributed by atoms with Crippen LogP contribution in [0, 0.1) is 5.92 Å². The number of hydrogen-bond acceptors (Lipinski definition) is 0. The number of hydrogen-bond donors (Lipinski definition) is 0. The fraction of sp³-hybridized carbons (Fsp3) is 0.909. The van der Waals surface area contributed by atoms with Gasteiger partial charge in [0.15, 0.2) is 0 Å². The van der Waals surface area contributed by atoms with Crippen LogP contribution in [0.1, 0.15) is 125 Å². The largest absolute Gasteiger partial charge is 0.0770 e. The zero-order valence-corrected chi connectivity index (χ0v) is 16.5. The molecule has 132 valence electrons. The summed E-state index contributed by atoms with van der Waals surface area (Å²) in [6, 6.07) is 0. The summed E-state index contributed by atoms with van der Waals surface area (Å²) in [5.41, 5.74) is 3.25. The Morgan fingerprint density at radius 2 is 0.955 bits per heavy atom. The van der Waals surface area contributed by atoms with Crippen molar-refractivity contribution in [1.82, 2.24) is 0 Å². The van der Waals surface area contributed by atoms with Crippen LogP contribution >= 0.6 is 0 Å². The summed E-state index contributed by atoms with van der Waals surface area (Å²) in [6.45, 7) is 11.5. The van der Waals surface area contributed by atoms with Crippen molar-refractivity contribution in [3.63, 3.8) is 0 Å². The van der Waals surface area contributed by atoms with Gasteiger partial charge in [0.25, 0.3) is 0 Å². The molecule has 0 heteroatoms. The highest BCUT2D eigenvalue weighted by Crippen LogP contribution is 2.22. The van der Waals surface area contributed by atoms with Crippen LogP contribution in [0.15, 0.2) is 11.1 Å². The molecule has 22 heavy (non-hydrogen) atoms. The van der Waals surface area contributed by atoms with Crippen LogP contribution in [-0.2, 0) is 0 Å². The van der Waals surface area contributed by atoms with Gasteiger partial charge in [0.1, 0.15) is 0 Å². The zero-order valence-electron chi connectivity index (χ0n) is 16.5. The third kappa shape index (κ3) is 13.4. The Balaban J connectivity index is 3.29. The van der Waals surface area contributed by atoms with Gasteiger partial charge in [-0.05, 0) is 32.6 Å². The van der Waals surface area contributed by atoms with Gasteiger partial charge in [-0.3, -0.25) is 0 Å². The zero-order chi connectivity index (χ0) is 16.6. The van der Waals surface area contributed by atoms with Crippen molar-refractivity contribution >= 4 is 0 Å². The van der Waals surface area contributed by atoms with Crippen molar-refractivity contribution in [3.8, 4) is 0 Å². The molecular weight excluding hydrogens is 264 g/mol. The van der Waals surface area contributed by atoms with Crippen LogP contribution in [-0.4, -0.2) is 0 Å². The van der Waals surface area contributed by atoms with Crippen LogP contribution < -0.4 is 0 Å². The highest BCUT2D eigenvalue weighted by Gasteiger charge is 2.04. The van der Waals surface area contributed by atoms with Gasteiger partial charge in [-0.2, -0.15) is 0 Å². The highest BCUT2D eigenvalue weighted by atomic mass is 14.1. The first-order chi connectivity index (χ1) is 10.6. The number of unbranched alkanes of at least 4 members (excludes halogenated alkanes) is 12. The molecule has 0 nitrogen and oxygen atoms in total. The molecule has 0 radical (unpaired) electrons. The molecular formula is C22H44. The summed E-state index contributed by atoms with van der Waals surface area (Å²) < 4.78 is 0. The minimum Gasteiger partial charge on any atom is -0.0770 e. The minimum absolute atomic E-state index is 0.738. The molecule has 0 atom stereocenters. The van der Waals surface area contributed by atoms with E-state index in [4.69, 9.17) is 0 Å². The third-order valence-electron chi connectivity index (χ3n) is 4.89. The lowest BCUT2D eigenvalue weighted by atomic mass is 9.93. The SMILES string of the molecule is CCCCCCCCCCCCCCCC(=C(C)C)C(C)C. The fourth-order valence-corrected chi connectivity index (χ4v) is 3.45. The maximum absolute atomic E-state index is 2.34. The van der Waals surface area contributed by atoms with E-state index in [9.17, 15) is 0 Å². The Morgan fingerprint density at radius 3 is 1.27 bits per heavy atom. The molecule has 0 unspecified atom stereocenters. The lowest BCUT2D eigenvalue weighted by molar-refractivity contribution is 0.536. The van der Waals surface area contributed by atoms with Gasteiger partial charge in [-0.15, -0.1) is 0 Å². The molecule has 0 bridgehead atoms. The Kier molecular flexibility index (Phi) is 15.4. The molecule has 0 rings (SSSR count). The van der Waals surface area contributed by atoms with E-state index in [1.165, 1.54) is 89.9 Å². The van der Waals surface area contributed by atoms with E-state index < -0.39 is 0 Å². The quantitative estimate of drug-likeness (QED) is 0.210. The summed E-state index contributed by atoms with van der Waals surface area (Å²) in [5.74, 6) is 0.738. The van der Waals surface area contributed by atoms with E-state index in [0.29, 0.717) is 0 Å². The topological polar surface area (TPSA) is 0 Å². The maximum atomic E-state index is 2.34. The average Bonchev–Trinajstić information content (AvgIpc) is 2.46. The van der Waals surface area contributed by atoms with Gasteiger partial charge in [0, 0.05) is 0 Å². The van der Waals surface area contributed by atoms with Gasteiger partial charge >= 0.3 is 0 Å². The monoisotopic (exact) mass is 308 g/mol. The molecule has 0 heterocycles. The molecule has 0 saturated carbocycles. The Labute approximate surface area is 142 Å². The van der Waals surface area contributed by atoms with Gasteiger partial charge in [0.05, 0.1) is 0 Å². The number of allylic oxidation sites excluding steroid dienone is 2. The van der Waals surface area contributed by atoms with Crippen LogP contribution in [0.4, 0.5) is 0 Å². The number of rotatable bonds is 15. The molecule has 0 N–H and O–H groups in total. The second-order valence-electron chi connectivity index (χ2n) is 7.67. The molecule has 0 aromatic rings. The summed E-state index contributed by atoms with van der Waals surface area (Å²) in [7, 11) is 0. The van der Waals surface area contributed by atoms with Gasteiger partial charge < -0.3 is 0 Å². The molecule has 0 aromatic heterocycles. The lowest BCUT2D eigenvalue weighted by Crippen LogP contribution is -1.97. The minimum atomic E-state index is 0.738. The summed E-state index contributed by atoms with van der Waals surface area (Å²) >= 11 is 0. The van der Waals surface area contributed by atoms with Crippen molar-refractivity contribution in [2.45, 2.75) is 125 Å². The smallest absolute Gasteiger partial charge is 0.0258 e. The van der Waals surface area contributed by atoms with E-state index in [0.717, 1.165) is 5.92 Å². The maximum Gasteiger partial charge on any atom is -0.0258 e. The van der Waals surface area contributed by atoms with Crippen LogP contribution in [0.25, 0.3) is 0 Å². The Morgan fingerprint density at radius 1 is 0.591 bits per heavy atom. The molecule has 0 aliphatic carbocycles. The molecule has 0 aliphatic heterocycles. The van der Waals surface area contributed by atoms with E-state index >= 15 is 0 Å². The van der Waals surface area contributed by atoms with E-state index in [2.05, 4.69) is 34.6 Å². The molecule has 0 saturated heterocycles. The molecule has 0 aromatic carbocycles. The van der Waals surface area contributed by atoms with E-state index in [1.807, 2.05) is 0 Å². The first-order valence-corrected chi connectivity index (χ1v) is 10.3. The molecule has 0 aliphatic rings. The van der Waals surface area contributed by atoms with Gasteiger partial charge in [-0.25, -0.2) is 0 Å². The van der Waals surface area contributed by atoms with Crippen molar-refractivity contribution < 1.29 is 0 Å². The van der Waals surface area contributed by atoms with Crippen LogP contribution in [0.5, 0.6) is 0 Å². The molecule has 0 fully saturated rings. The first-order valence-electron chi connectivity index (χ1n) is 10.3. The standard InChI is InChI=1S/C22H44/c1-6-7-8-9-10-11-12-13-14-15-16-17-18-19-22(20(2)3)21(4)5/h20H,6-19H2,1-5H3. The van der Waals surface area contributed by atoms with Gasteiger partial charge in [0.2, 0.25) is 0 Å². The van der Waals surface area contributed by atoms with Crippen molar-refractivity contribution in [1.29, 1.82) is 0 Å². The Bertz CT molecular complexity index is 255. The highest BCUT2D eigenvalue weighted by molar-refractivity contribution is 5.11. The van der Waals surface area contributed by atoms with Crippen molar-refractivity contribution in [2.24, 2.45) is 5.92 Å². The van der Waals surface area contributed by atoms with Crippen molar-refractivity contribution in [2.75, 3.05) is 0 Å². The summed E-state index contributed by atoms with van der Waals surface area (Å²) in [5, 5.41) is 0. The predicted molar refractivity (Wildman–Crippen MR) is 104 cm³/mol. The lowest BCUT2D eigenvalue weighted by Gasteiger charge is -2.13. The Hall–Kier alpha value is -0.260. The molecule has 0 amide bonds. The summed E-state index contributed by atoms with van der Waals surface area (Å²) in [4.78, 5) is 0. The van der Waals surface area contributed by atoms with Crippen LogP contribution in [0.3, 0.4) is 0 Å². The normalized spacial score (nSPS) is 11.2. The predicted octanol–water partition coefficient (Wildman–Crippen LogP) is 8.46. The summed E-state index contributed by atoms with van der Waals surface area (Å²) in [6.07, 6.45) is 20.2. The second-order valence-corrected chi connectivity index (χ2v) is 7.67. The molecule has 0 spiro atoms. The van der Waals surface area contributed by atoms with Crippen LogP contribution in [0.2, 0.25) is 0 Å². The fourth-order valence-electron chi connectivity index (χ4n) is 3.45. The first kappa shape index (κ1) is 21.7.